The normalized spacial score (nSPS) is 21.4. The van der Waals surface area contributed by atoms with Crippen molar-refractivity contribution in [1.29, 1.82) is 0 Å². The first-order valence-corrected chi connectivity index (χ1v) is 13.2. The molecule has 1 aliphatic heterocycles. The monoisotopic (exact) mass is 516 g/mol. The van der Waals surface area contributed by atoms with Crippen molar-refractivity contribution >= 4 is 51.3 Å². The molecule has 198 valence electrons. The minimum atomic E-state index is -0.716. The average Bonchev–Trinajstić information content (AvgIpc) is 3.47. The summed E-state index contributed by atoms with van der Waals surface area (Å²) >= 11 is 0. The van der Waals surface area contributed by atoms with E-state index < -0.39 is 5.97 Å². The summed E-state index contributed by atoms with van der Waals surface area (Å²) in [4.78, 5) is 31.1. The van der Waals surface area contributed by atoms with Gasteiger partial charge in [-0.05, 0) is 82.7 Å². The van der Waals surface area contributed by atoms with Crippen LogP contribution >= 0.6 is 0 Å². The second kappa shape index (κ2) is 9.34. The highest BCUT2D eigenvalue weighted by Crippen LogP contribution is 2.42. The molecule has 0 radical (unpaired) electrons. The Bertz CT molecular complexity index is 1550. The van der Waals surface area contributed by atoms with E-state index in [0.29, 0.717) is 18.8 Å². The molecule has 6 rings (SSSR count). The molecule has 1 amide bonds. The number of nitrogens with one attached hydrogen (secondary N) is 2. The van der Waals surface area contributed by atoms with Crippen molar-refractivity contribution in [2.24, 2.45) is 5.92 Å². The number of amides is 1. The Balaban J connectivity index is 1.46. The molecule has 2 aromatic carbocycles. The predicted molar refractivity (Wildman–Crippen MR) is 145 cm³/mol. The number of carboxylic acid groups (broad SMARTS) is 1. The summed E-state index contributed by atoms with van der Waals surface area (Å²) in [5.41, 5.74) is 6.50. The van der Waals surface area contributed by atoms with Gasteiger partial charge in [0.05, 0.1) is 41.0 Å². The van der Waals surface area contributed by atoms with E-state index >= 15 is 0 Å². The van der Waals surface area contributed by atoms with Crippen molar-refractivity contribution in [3.05, 3.63) is 41.6 Å². The number of H-pyrrole nitrogens is 1. The first kappa shape index (κ1) is 24.3. The van der Waals surface area contributed by atoms with Gasteiger partial charge in [-0.15, -0.1) is 0 Å². The van der Waals surface area contributed by atoms with Crippen molar-refractivity contribution in [3.8, 4) is 0 Å². The Morgan fingerprint density at radius 3 is 2.66 bits per heavy atom. The Kier molecular flexibility index (Phi) is 5.97. The number of rotatable bonds is 4. The number of anilines is 3. The summed E-state index contributed by atoms with van der Waals surface area (Å²) in [7, 11) is 1.41. The highest BCUT2D eigenvalue weighted by Gasteiger charge is 2.33. The number of nitrogens with zero attached hydrogens (tertiary/aromatic N) is 4. The van der Waals surface area contributed by atoms with E-state index in [-0.39, 0.29) is 24.1 Å². The van der Waals surface area contributed by atoms with Gasteiger partial charge in [-0.2, -0.15) is 5.10 Å². The molecule has 0 saturated heterocycles. The van der Waals surface area contributed by atoms with Gasteiger partial charge in [0.1, 0.15) is 0 Å². The van der Waals surface area contributed by atoms with E-state index in [1.54, 1.807) is 4.90 Å². The van der Waals surface area contributed by atoms with Gasteiger partial charge >= 0.3 is 12.1 Å². The van der Waals surface area contributed by atoms with Crippen LogP contribution in [-0.2, 0) is 16.0 Å². The summed E-state index contributed by atoms with van der Waals surface area (Å²) in [6.45, 7) is 4.00. The van der Waals surface area contributed by atoms with Gasteiger partial charge in [-0.25, -0.2) is 9.78 Å². The van der Waals surface area contributed by atoms with Gasteiger partial charge in [0.2, 0.25) is 5.95 Å². The molecule has 0 spiro atoms. The van der Waals surface area contributed by atoms with Gasteiger partial charge in [-0.3, -0.25) is 14.8 Å². The van der Waals surface area contributed by atoms with Crippen molar-refractivity contribution in [2.45, 2.75) is 64.5 Å². The van der Waals surface area contributed by atoms with Crippen LogP contribution in [0.25, 0.3) is 21.9 Å². The van der Waals surface area contributed by atoms with Crippen LogP contribution in [0, 0.1) is 12.8 Å². The molecule has 1 fully saturated rings. The molecule has 3 N–H and O–H groups in total. The fraction of sp³-hybridized carbons (Fsp3) is 0.429. The molecule has 0 bridgehead atoms. The summed E-state index contributed by atoms with van der Waals surface area (Å²) < 4.78 is 7.32. The van der Waals surface area contributed by atoms with Crippen LogP contribution in [0.4, 0.5) is 22.1 Å². The lowest BCUT2D eigenvalue weighted by molar-refractivity contribution is -0.143. The lowest BCUT2D eigenvalue weighted by atomic mass is 9.86. The summed E-state index contributed by atoms with van der Waals surface area (Å²) in [6, 6.07) is 10.3. The number of carbonyl (C=O) groups is 2. The summed E-state index contributed by atoms with van der Waals surface area (Å²) in [6.07, 6.45) is 4.05. The lowest BCUT2D eigenvalue weighted by Gasteiger charge is -2.34. The molecule has 10 heteroatoms. The third-order valence-electron chi connectivity index (χ3n) is 8.25. The molecule has 1 aliphatic carbocycles. The van der Waals surface area contributed by atoms with Gasteiger partial charge in [-0.1, -0.05) is 0 Å². The van der Waals surface area contributed by atoms with Crippen LogP contribution in [0.15, 0.2) is 30.3 Å². The molecule has 1 unspecified atom stereocenters. The van der Waals surface area contributed by atoms with Crippen LogP contribution in [0.5, 0.6) is 0 Å². The van der Waals surface area contributed by atoms with E-state index in [9.17, 15) is 14.7 Å². The van der Waals surface area contributed by atoms with E-state index in [1.165, 1.54) is 7.11 Å². The first-order chi connectivity index (χ1) is 18.4. The maximum Gasteiger partial charge on any atom is 0.414 e. The number of methoxy groups -OCH3 is 1. The molecule has 10 nitrogen and oxygen atoms in total. The number of aromatic amines is 1. The molecule has 4 aromatic rings. The standard InChI is InChI=1S/C28H32N6O4/c1-15-4-10-21-23(33(15)28(37)38-3)12-13-24-25(21)30-27(34(24)19-8-5-17(6-9-19)26(35)36)29-18-7-11-20-16(2)31-32-22(20)14-18/h7,11-15,17,19H,4-6,8-10H2,1-3H3,(H,29,30)(H,31,32)(H,35,36). The topological polar surface area (TPSA) is 125 Å². The van der Waals surface area contributed by atoms with Crippen LogP contribution in [0.3, 0.4) is 0 Å². The third kappa shape index (κ3) is 3.95. The number of hydrogen-bond donors (Lipinski definition) is 3. The van der Waals surface area contributed by atoms with E-state index in [4.69, 9.17) is 9.72 Å². The minimum Gasteiger partial charge on any atom is -0.481 e. The molecule has 1 saturated carbocycles. The van der Waals surface area contributed by atoms with Crippen LogP contribution in [0.2, 0.25) is 0 Å². The van der Waals surface area contributed by atoms with Gasteiger partial charge in [0.25, 0.3) is 0 Å². The maximum absolute atomic E-state index is 12.6. The number of benzene rings is 2. The Morgan fingerprint density at radius 1 is 1.13 bits per heavy atom. The van der Waals surface area contributed by atoms with E-state index in [0.717, 1.165) is 70.3 Å². The third-order valence-corrected chi connectivity index (χ3v) is 8.25. The molecule has 3 heterocycles. The van der Waals surface area contributed by atoms with Crippen LogP contribution in [0.1, 0.15) is 56.3 Å². The number of fused-ring (bicyclic) bond motifs is 4. The number of aryl methyl sites for hydroxylation is 2. The number of hydrogen-bond acceptors (Lipinski definition) is 6. The lowest BCUT2D eigenvalue weighted by Crippen LogP contribution is -2.42. The zero-order valence-corrected chi connectivity index (χ0v) is 21.8. The number of carboxylic acids is 1. The van der Waals surface area contributed by atoms with Gasteiger partial charge in [0, 0.05) is 28.7 Å². The van der Waals surface area contributed by atoms with Crippen molar-refractivity contribution in [1.82, 2.24) is 19.7 Å². The van der Waals surface area contributed by atoms with E-state index in [1.807, 2.05) is 44.2 Å². The highest BCUT2D eigenvalue weighted by molar-refractivity contribution is 5.96. The second-order valence-electron chi connectivity index (χ2n) is 10.5. The smallest absolute Gasteiger partial charge is 0.414 e. The average molecular weight is 517 g/mol. The molecular weight excluding hydrogens is 484 g/mol. The van der Waals surface area contributed by atoms with Crippen molar-refractivity contribution in [3.63, 3.8) is 0 Å². The van der Waals surface area contributed by atoms with Crippen molar-refractivity contribution < 1.29 is 19.4 Å². The highest BCUT2D eigenvalue weighted by atomic mass is 16.5. The second-order valence-corrected chi connectivity index (χ2v) is 10.5. The zero-order chi connectivity index (χ0) is 26.6. The number of carbonyl (C=O) groups excluding carboxylic acids is 1. The van der Waals surface area contributed by atoms with Gasteiger partial charge in [0.15, 0.2) is 0 Å². The maximum atomic E-state index is 12.6. The number of imidazole rings is 1. The molecule has 1 atom stereocenters. The zero-order valence-electron chi connectivity index (χ0n) is 21.8. The Labute approximate surface area is 220 Å². The number of aromatic nitrogens is 4. The largest absolute Gasteiger partial charge is 0.481 e. The SMILES string of the molecule is COC(=O)N1c2ccc3c(nc(Nc4ccc5c(C)n[nH]c5c4)n3C3CCC(C(=O)O)CC3)c2CCC1C. The molecule has 2 aliphatic rings. The van der Waals surface area contributed by atoms with Crippen molar-refractivity contribution in [2.75, 3.05) is 17.3 Å². The number of aliphatic carboxylic acids is 1. The predicted octanol–water partition coefficient (Wildman–Crippen LogP) is 5.69. The van der Waals surface area contributed by atoms with Crippen LogP contribution < -0.4 is 10.2 Å². The molecule has 38 heavy (non-hydrogen) atoms. The quantitative estimate of drug-likeness (QED) is 0.318. The summed E-state index contributed by atoms with van der Waals surface area (Å²) in [5.74, 6) is -0.302. The molecular formula is C28H32N6O4. The van der Waals surface area contributed by atoms with E-state index in [2.05, 4.69) is 20.1 Å². The summed E-state index contributed by atoms with van der Waals surface area (Å²) in [5, 5.41) is 21.5. The fourth-order valence-corrected chi connectivity index (χ4v) is 6.18. The first-order valence-electron chi connectivity index (χ1n) is 13.2. The number of ether oxygens (including phenoxy) is 1. The van der Waals surface area contributed by atoms with Crippen LogP contribution in [-0.4, -0.2) is 50.1 Å². The molecule has 2 aromatic heterocycles. The minimum absolute atomic E-state index is 0.0305. The fourth-order valence-electron chi connectivity index (χ4n) is 6.18. The Morgan fingerprint density at radius 2 is 1.92 bits per heavy atom. The Hall–Kier alpha value is -4.08. The van der Waals surface area contributed by atoms with Gasteiger partial charge < -0.3 is 19.7 Å².